The molecule has 1 rings (SSSR count). The third kappa shape index (κ3) is 2.33. The first-order chi connectivity index (χ1) is 6.11. The van der Waals surface area contributed by atoms with E-state index in [9.17, 15) is 9.59 Å². The van der Waals surface area contributed by atoms with Gasteiger partial charge in [0.2, 0.25) is 0 Å². The Morgan fingerprint density at radius 2 is 2.00 bits per heavy atom. The van der Waals surface area contributed by atoms with Crippen molar-refractivity contribution in [3.05, 3.63) is 23.5 Å². The lowest BCUT2D eigenvalue weighted by molar-refractivity contribution is -0.136. The Hall–Kier alpha value is -1.78. The molecule has 0 saturated carbocycles. The third-order valence-electron chi connectivity index (χ3n) is 1.67. The van der Waals surface area contributed by atoms with Crippen molar-refractivity contribution >= 4 is 11.9 Å². The molecule has 0 amide bonds. The van der Waals surface area contributed by atoms with E-state index in [1.54, 1.807) is 0 Å². The second-order valence-electron chi connectivity index (χ2n) is 2.59. The Labute approximate surface area is 74.0 Å². The maximum Gasteiger partial charge on any atom is 0.337 e. The van der Waals surface area contributed by atoms with Crippen molar-refractivity contribution in [2.75, 3.05) is 0 Å². The number of hydrogen-bond acceptors (Lipinski definition) is 2. The molecule has 0 aliphatic heterocycles. The molecule has 0 bridgehead atoms. The number of rotatable bonds is 4. The fourth-order valence-corrected chi connectivity index (χ4v) is 1.04. The van der Waals surface area contributed by atoms with Gasteiger partial charge in [0.15, 0.2) is 0 Å². The predicted molar refractivity (Wildman–Crippen MR) is 43.7 cm³/mol. The fraction of sp³-hybridized carbons (Fsp3) is 0.250. The molecule has 0 fully saturated rings. The minimum atomic E-state index is -1.04. The first kappa shape index (κ1) is 9.31. The van der Waals surface area contributed by atoms with E-state index in [1.165, 1.54) is 12.4 Å². The number of carbonyl (C=O) groups is 2. The van der Waals surface area contributed by atoms with E-state index in [0.717, 1.165) is 0 Å². The highest BCUT2D eigenvalue weighted by atomic mass is 16.4. The summed E-state index contributed by atoms with van der Waals surface area (Å²) < 4.78 is 0. The molecule has 0 unspecified atom stereocenters. The van der Waals surface area contributed by atoms with Gasteiger partial charge in [-0.3, -0.25) is 4.79 Å². The Morgan fingerprint density at radius 3 is 2.54 bits per heavy atom. The summed E-state index contributed by atoms with van der Waals surface area (Å²) in [7, 11) is 0. The molecule has 0 spiro atoms. The summed E-state index contributed by atoms with van der Waals surface area (Å²) in [6.45, 7) is 0. The van der Waals surface area contributed by atoms with Crippen molar-refractivity contribution in [2.24, 2.45) is 0 Å². The molecule has 13 heavy (non-hydrogen) atoms. The molecule has 1 aromatic heterocycles. The summed E-state index contributed by atoms with van der Waals surface area (Å²) in [5, 5.41) is 17.0. The number of hydrogen-bond donors (Lipinski definition) is 3. The monoisotopic (exact) mass is 183 g/mol. The van der Waals surface area contributed by atoms with Crippen LogP contribution in [0.25, 0.3) is 0 Å². The Kier molecular flexibility index (Phi) is 2.69. The van der Waals surface area contributed by atoms with Crippen LogP contribution < -0.4 is 0 Å². The van der Waals surface area contributed by atoms with Crippen LogP contribution in [0.5, 0.6) is 0 Å². The molecule has 0 aliphatic rings. The van der Waals surface area contributed by atoms with E-state index < -0.39 is 11.9 Å². The molecular weight excluding hydrogens is 174 g/mol. The number of carboxylic acids is 2. The normalized spacial score (nSPS) is 9.85. The van der Waals surface area contributed by atoms with Gasteiger partial charge in [-0.15, -0.1) is 0 Å². The fourth-order valence-electron chi connectivity index (χ4n) is 1.04. The van der Waals surface area contributed by atoms with E-state index in [4.69, 9.17) is 10.2 Å². The summed E-state index contributed by atoms with van der Waals surface area (Å²) in [4.78, 5) is 23.4. The Balaban J connectivity index is 2.71. The van der Waals surface area contributed by atoms with Crippen LogP contribution in [0, 0.1) is 0 Å². The summed E-state index contributed by atoms with van der Waals surface area (Å²) in [5.74, 6) is -1.97. The number of aliphatic carboxylic acids is 1. The van der Waals surface area contributed by atoms with Crippen LogP contribution in [0.3, 0.4) is 0 Å². The highest BCUT2D eigenvalue weighted by Crippen LogP contribution is 2.10. The van der Waals surface area contributed by atoms with E-state index in [-0.39, 0.29) is 18.4 Å². The number of nitrogens with one attached hydrogen (secondary N) is 1. The van der Waals surface area contributed by atoms with E-state index in [1.807, 2.05) is 0 Å². The van der Waals surface area contributed by atoms with Crippen molar-refractivity contribution in [1.29, 1.82) is 0 Å². The number of carboxylic acid groups (broad SMARTS) is 2. The topological polar surface area (TPSA) is 90.4 Å². The van der Waals surface area contributed by atoms with Gasteiger partial charge in [-0.05, 0) is 12.0 Å². The zero-order valence-electron chi connectivity index (χ0n) is 6.78. The van der Waals surface area contributed by atoms with Crippen molar-refractivity contribution in [2.45, 2.75) is 12.8 Å². The number of aryl methyl sites for hydroxylation is 1. The van der Waals surface area contributed by atoms with Crippen molar-refractivity contribution in [1.82, 2.24) is 4.98 Å². The zero-order chi connectivity index (χ0) is 9.84. The highest BCUT2D eigenvalue weighted by Gasteiger charge is 2.11. The standard InChI is InChI=1S/C8H9NO4/c10-7(11)2-1-5-3-9-4-6(5)8(12)13/h3-4,9H,1-2H2,(H,10,11)(H,12,13). The molecular formula is C8H9NO4. The Morgan fingerprint density at radius 1 is 1.31 bits per heavy atom. The number of aromatic amines is 1. The van der Waals surface area contributed by atoms with Gasteiger partial charge in [-0.25, -0.2) is 4.79 Å². The lowest BCUT2D eigenvalue weighted by Crippen LogP contribution is -2.02. The van der Waals surface area contributed by atoms with Crippen LogP contribution in [-0.2, 0) is 11.2 Å². The van der Waals surface area contributed by atoms with Gasteiger partial charge in [0.1, 0.15) is 0 Å². The number of aromatic carboxylic acids is 1. The Bertz CT molecular complexity index is 329. The van der Waals surface area contributed by atoms with Gasteiger partial charge in [-0.2, -0.15) is 0 Å². The second kappa shape index (κ2) is 3.75. The first-order valence-corrected chi connectivity index (χ1v) is 3.72. The first-order valence-electron chi connectivity index (χ1n) is 3.72. The van der Waals surface area contributed by atoms with Crippen LogP contribution in [-0.4, -0.2) is 27.1 Å². The molecule has 5 nitrogen and oxygen atoms in total. The molecule has 0 aromatic carbocycles. The van der Waals surface area contributed by atoms with Crippen molar-refractivity contribution < 1.29 is 19.8 Å². The summed E-state index contributed by atoms with van der Waals surface area (Å²) in [6, 6.07) is 0. The molecule has 0 radical (unpaired) electrons. The van der Waals surface area contributed by atoms with Gasteiger partial charge in [0, 0.05) is 18.8 Å². The van der Waals surface area contributed by atoms with E-state index in [2.05, 4.69) is 4.98 Å². The van der Waals surface area contributed by atoms with Crippen LogP contribution in [0.4, 0.5) is 0 Å². The molecule has 1 aromatic rings. The molecule has 1 heterocycles. The van der Waals surface area contributed by atoms with Crippen molar-refractivity contribution in [3.63, 3.8) is 0 Å². The lowest BCUT2D eigenvalue weighted by atomic mass is 10.1. The summed E-state index contributed by atoms with van der Waals surface area (Å²) >= 11 is 0. The molecule has 0 atom stereocenters. The highest BCUT2D eigenvalue weighted by molar-refractivity contribution is 5.89. The molecule has 3 N–H and O–H groups in total. The van der Waals surface area contributed by atoms with E-state index in [0.29, 0.717) is 5.56 Å². The minimum absolute atomic E-state index is 0.0574. The summed E-state index contributed by atoms with van der Waals surface area (Å²) in [5.41, 5.74) is 0.663. The summed E-state index contributed by atoms with van der Waals surface area (Å²) in [6.07, 6.45) is 3.03. The van der Waals surface area contributed by atoms with Crippen LogP contribution >= 0.6 is 0 Å². The van der Waals surface area contributed by atoms with Gasteiger partial charge in [0.05, 0.1) is 5.56 Å². The number of H-pyrrole nitrogens is 1. The zero-order valence-corrected chi connectivity index (χ0v) is 6.78. The molecule has 5 heteroatoms. The molecule has 70 valence electrons. The van der Waals surface area contributed by atoms with Crippen molar-refractivity contribution in [3.8, 4) is 0 Å². The predicted octanol–water partition coefficient (Wildman–Crippen LogP) is 0.730. The van der Waals surface area contributed by atoms with Gasteiger partial charge < -0.3 is 15.2 Å². The quantitative estimate of drug-likeness (QED) is 0.641. The van der Waals surface area contributed by atoms with Gasteiger partial charge in [-0.1, -0.05) is 0 Å². The largest absolute Gasteiger partial charge is 0.481 e. The molecule has 0 saturated heterocycles. The van der Waals surface area contributed by atoms with E-state index >= 15 is 0 Å². The average molecular weight is 183 g/mol. The second-order valence-corrected chi connectivity index (χ2v) is 2.59. The smallest absolute Gasteiger partial charge is 0.337 e. The maximum atomic E-state index is 10.6. The minimum Gasteiger partial charge on any atom is -0.481 e. The third-order valence-corrected chi connectivity index (χ3v) is 1.67. The maximum absolute atomic E-state index is 10.6. The lowest BCUT2D eigenvalue weighted by Gasteiger charge is -1.95. The molecule has 0 aliphatic carbocycles. The average Bonchev–Trinajstić information content (AvgIpc) is 2.47. The SMILES string of the molecule is O=C(O)CCc1c[nH]cc1C(=O)O. The number of aromatic nitrogens is 1. The van der Waals surface area contributed by atoms with Crippen LogP contribution in [0.15, 0.2) is 12.4 Å². The van der Waals surface area contributed by atoms with Crippen LogP contribution in [0.1, 0.15) is 22.3 Å². The van der Waals surface area contributed by atoms with Gasteiger partial charge in [0.25, 0.3) is 0 Å². The van der Waals surface area contributed by atoms with Gasteiger partial charge >= 0.3 is 11.9 Å². The van der Waals surface area contributed by atoms with Crippen LogP contribution in [0.2, 0.25) is 0 Å².